The van der Waals surface area contributed by atoms with Gasteiger partial charge < -0.3 is 5.32 Å². The smallest absolute Gasteiger partial charge is 0.0200 e. The van der Waals surface area contributed by atoms with E-state index in [-0.39, 0.29) is 0 Å². The van der Waals surface area contributed by atoms with Crippen LogP contribution in [-0.4, -0.2) is 18.3 Å². The predicted octanol–water partition coefficient (Wildman–Crippen LogP) is 3.64. The van der Waals surface area contributed by atoms with Gasteiger partial charge in [-0.2, -0.15) is 0 Å². The van der Waals surface area contributed by atoms with Crippen molar-refractivity contribution in [2.24, 2.45) is 0 Å². The minimum absolute atomic E-state index is 0.529. The first-order chi connectivity index (χ1) is 7.58. The summed E-state index contributed by atoms with van der Waals surface area (Å²) < 4.78 is 0. The Balaban J connectivity index is 2.29. The van der Waals surface area contributed by atoms with E-state index in [1.807, 2.05) is 11.8 Å². The summed E-state index contributed by atoms with van der Waals surface area (Å²) in [7, 11) is 0. The first-order valence-electron chi connectivity index (χ1n) is 5.67. The molecular weight excluding hydrogens is 214 g/mol. The molecule has 1 N–H and O–H groups in total. The molecule has 0 unspecified atom stereocenters. The highest BCUT2D eigenvalue weighted by atomic mass is 32.2. The van der Waals surface area contributed by atoms with E-state index in [9.17, 15) is 0 Å². The topological polar surface area (TPSA) is 12.0 Å². The van der Waals surface area contributed by atoms with Crippen molar-refractivity contribution < 1.29 is 0 Å². The van der Waals surface area contributed by atoms with Crippen LogP contribution in [0.3, 0.4) is 0 Å². The molecule has 0 aliphatic rings. The molecule has 0 radical (unpaired) electrons. The summed E-state index contributed by atoms with van der Waals surface area (Å²) in [6.07, 6.45) is 0. The highest BCUT2D eigenvalue weighted by Gasteiger charge is 1.98. The highest BCUT2D eigenvalue weighted by molar-refractivity contribution is 7.99. The van der Waals surface area contributed by atoms with Crippen LogP contribution in [0.25, 0.3) is 0 Å². The SMILES string of the molecule is C=C(CNC(C)C)CSc1ccc(C)cc1. The van der Waals surface area contributed by atoms with Gasteiger partial charge in [0.05, 0.1) is 0 Å². The number of hydrogen-bond acceptors (Lipinski definition) is 2. The molecular formula is C14H21NS. The summed E-state index contributed by atoms with van der Waals surface area (Å²) in [5.74, 6) is 0.989. The van der Waals surface area contributed by atoms with Gasteiger partial charge in [0.1, 0.15) is 0 Å². The summed E-state index contributed by atoms with van der Waals surface area (Å²) in [6.45, 7) is 11.4. The van der Waals surface area contributed by atoms with Crippen molar-refractivity contribution in [1.29, 1.82) is 0 Å². The van der Waals surface area contributed by atoms with E-state index in [4.69, 9.17) is 0 Å². The van der Waals surface area contributed by atoms with Gasteiger partial charge in [0.25, 0.3) is 0 Å². The molecule has 2 heteroatoms. The van der Waals surface area contributed by atoms with E-state index in [1.54, 1.807) is 0 Å². The Hall–Kier alpha value is -0.730. The van der Waals surface area contributed by atoms with Gasteiger partial charge in [-0.15, -0.1) is 11.8 Å². The van der Waals surface area contributed by atoms with Crippen LogP contribution < -0.4 is 5.32 Å². The monoisotopic (exact) mass is 235 g/mol. The van der Waals surface area contributed by atoms with Crippen LogP contribution in [0.15, 0.2) is 41.3 Å². The predicted molar refractivity (Wildman–Crippen MR) is 74.2 cm³/mol. The van der Waals surface area contributed by atoms with Crippen molar-refractivity contribution >= 4 is 11.8 Å². The normalized spacial score (nSPS) is 10.8. The molecule has 0 saturated heterocycles. The third-order valence-corrected chi connectivity index (χ3v) is 3.38. The number of aryl methyl sites for hydroxylation is 1. The van der Waals surface area contributed by atoms with Crippen LogP contribution in [0.5, 0.6) is 0 Å². The van der Waals surface area contributed by atoms with Gasteiger partial charge in [-0.3, -0.25) is 0 Å². The molecule has 0 amide bonds. The van der Waals surface area contributed by atoms with Crippen LogP contribution >= 0.6 is 11.8 Å². The van der Waals surface area contributed by atoms with Crippen LogP contribution in [0, 0.1) is 6.92 Å². The average Bonchev–Trinajstić information content (AvgIpc) is 2.25. The van der Waals surface area contributed by atoms with E-state index in [2.05, 4.69) is 56.9 Å². The van der Waals surface area contributed by atoms with Crippen molar-refractivity contribution in [2.45, 2.75) is 31.7 Å². The fourth-order valence-electron chi connectivity index (χ4n) is 1.22. The lowest BCUT2D eigenvalue weighted by Crippen LogP contribution is -2.25. The lowest BCUT2D eigenvalue weighted by Gasteiger charge is -2.10. The summed E-state index contributed by atoms with van der Waals surface area (Å²) in [5.41, 5.74) is 2.56. The molecule has 1 aromatic rings. The van der Waals surface area contributed by atoms with Gasteiger partial charge in [-0.1, -0.05) is 43.7 Å². The summed E-state index contributed by atoms with van der Waals surface area (Å²) in [4.78, 5) is 1.32. The van der Waals surface area contributed by atoms with Crippen molar-refractivity contribution in [1.82, 2.24) is 5.32 Å². The minimum Gasteiger partial charge on any atom is -0.311 e. The largest absolute Gasteiger partial charge is 0.311 e. The van der Waals surface area contributed by atoms with Crippen molar-refractivity contribution in [3.63, 3.8) is 0 Å². The molecule has 0 saturated carbocycles. The van der Waals surface area contributed by atoms with Crippen LogP contribution in [0.2, 0.25) is 0 Å². The van der Waals surface area contributed by atoms with Crippen LogP contribution in [0.1, 0.15) is 19.4 Å². The molecule has 1 rings (SSSR count). The van der Waals surface area contributed by atoms with E-state index in [0.717, 1.165) is 12.3 Å². The maximum absolute atomic E-state index is 4.08. The zero-order valence-electron chi connectivity index (χ0n) is 10.4. The Morgan fingerprint density at radius 3 is 2.50 bits per heavy atom. The van der Waals surface area contributed by atoms with E-state index in [0.29, 0.717) is 6.04 Å². The lowest BCUT2D eigenvalue weighted by molar-refractivity contribution is 0.623. The minimum atomic E-state index is 0.529. The van der Waals surface area contributed by atoms with Crippen molar-refractivity contribution in [3.05, 3.63) is 42.0 Å². The number of hydrogen-bond donors (Lipinski definition) is 1. The molecule has 0 aliphatic carbocycles. The van der Waals surface area contributed by atoms with Gasteiger partial charge in [0.15, 0.2) is 0 Å². The molecule has 0 aromatic heterocycles. The number of benzene rings is 1. The van der Waals surface area contributed by atoms with Gasteiger partial charge in [0, 0.05) is 23.2 Å². The lowest BCUT2D eigenvalue weighted by atomic mass is 10.2. The molecule has 88 valence electrons. The first-order valence-corrected chi connectivity index (χ1v) is 6.66. The molecule has 1 aromatic carbocycles. The maximum atomic E-state index is 4.08. The Morgan fingerprint density at radius 1 is 1.31 bits per heavy atom. The van der Waals surface area contributed by atoms with Crippen molar-refractivity contribution in [3.8, 4) is 0 Å². The fraction of sp³-hybridized carbons (Fsp3) is 0.429. The number of thioether (sulfide) groups is 1. The van der Waals surface area contributed by atoms with E-state index >= 15 is 0 Å². The zero-order valence-corrected chi connectivity index (χ0v) is 11.2. The standard InChI is InChI=1S/C14H21NS/c1-11(2)15-9-13(4)10-16-14-7-5-12(3)6-8-14/h5-8,11,15H,4,9-10H2,1-3H3. The second-order valence-electron chi connectivity index (χ2n) is 4.39. The van der Waals surface area contributed by atoms with E-state index in [1.165, 1.54) is 16.0 Å². The third-order valence-electron chi connectivity index (χ3n) is 2.22. The fourth-order valence-corrected chi connectivity index (χ4v) is 2.02. The van der Waals surface area contributed by atoms with Gasteiger partial charge in [-0.05, 0) is 19.1 Å². The quantitative estimate of drug-likeness (QED) is 0.597. The third kappa shape index (κ3) is 5.38. The van der Waals surface area contributed by atoms with E-state index < -0.39 is 0 Å². The second-order valence-corrected chi connectivity index (χ2v) is 5.44. The molecule has 0 fully saturated rings. The molecule has 0 bridgehead atoms. The van der Waals surface area contributed by atoms with Crippen LogP contribution in [-0.2, 0) is 0 Å². The summed E-state index contributed by atoms with van der Waals surface area (Å²) in [5, 5.41) is 3.38. The molecule has 0 spiro atoms. The molecule has 1 nitrogen and oxygen atoms in total. The Labute approximate surface area is 103 Å². The van der Waals surface area contributed by atoms with Gasteiger partial charge in [-0.25, -0.2) is 0 Å². The second kappa shape index (κ2) is 6.77. The Bertz CT molecular complexity index is 327. The molecule has 0 heterocycles. The summed E-state index contributed by atoms with van der Waals surface area (Å²) >= 11 is 1.85. The maximum Gasteiger partial charge on any atom is 0.0200 e. The first kappa shape index (κ1) is 13.3. The van der Waals surface area contributed by atoms with Crippen molar-refractivity contribution in [2.75, 3.05) is 12.3 Å². The highest BCUT2D eigenvalue weighted by Crippen LogP contribution is 2.20. The van der Waals surface area contributed by atoms with Gasteiger partial charge >= 0.3 is 0 Å². The number of rotatable bonds is 6. The van der Waals surface area contributed by atoms with Gasteiger partial charge in [0.2, 0.25) is 0 Å². The molecule has 16 heavy (non-hydrogen) atoms. The number of nitrogens with one attached hydrogen (secondary N) is 1. The molecule has 0 atom stereocenters. The zero-order chi connectivity index (χ0) is 12.0. The molecule has 0 aliphatic heterocycles. The summed E-state index contributed by atoms with van der Waals surface area (Å²) in [6, 6.07) is 9.17. The average molecular weight is 235 g/mol. The Kier molecular flexibility index (Phi) is 5.64. The Morgan fingerprint density at radius 2 is 1.94 bits per heavy atom. The van der Waals surface area contributed by atoms with Crippen LogP contribution in [0.4, 0.5) is 0 Å².